The van der Waals surface area contributed by atoms with Gasteiger partial charge in [0, 0.05) is 87.4 Å². The van der Waals surface area contributed by atoms with Gasteiger partial charge in [-0.05, 0) is 32.8 Å². The van der Waals surface area contributed by atoms with Crippen LogP contribution in [0, 0.1) is 30.6 Å². The van der Waals surface area contributed by atoms with Crippen molar-refractivity contribution in [1.29, 1.82) is 0 Å². The van der Waals surface area contributed by atoms with Gasteiger partial charge >= 0.3 is 11.8 Å². The first-order valence-electron chi connectivity index (χ1n) is 21.2. The maximum atomic E-state index is 14.6. The first-order chi connectivity index (χ1) is 29.1. The molecule has 0 fully saturated rings. The molecule has 0 aromatic heterocycles. The van der Waals surface area contributed by atoms with Gasteiger partial charge in [0.1, 0.15) is 23.4 Å². The van der Waals surface area contributed by atoms with E-state index in [1.165, 1.54) is 64.3 Å². The van der Waals surface area contributed by atoms with E-state index in [9.17, 15) is 39.6 Å². The highest BCUT2D eigenvalue weighted by atomic mass is 16.7. The van der Waals surface area contributed by atoms with Gasteiger partial charge in [-0.3, -0.25) is 24.2 Å². The number of anilines is 1. The average molecular weight is 868 g/mol. The van der Waals surface area contributed by atoms with E-state index in [1.807, 2.05) is 18.9 Å². The zero-order valence-corrected chi connectivity index (χ0v) is 38.0. The van der Waals surface area contributed by atoms with Crippen molar-refractivity contribution in [2.75, 3.05) is 39.2 Å². The number of carbonyl (C=O) groups is 4. The highest BCUT2D eigenvalue weighted by molar-refractivity contribution is 6.21. The molecule has 3 heterocycles. The number of amides is 2. The molecule has 3 aliphatic rings. The van der Waals surface area contributed by atoms with Crippen LogP contribution in [0.5, 0.6) is 23.0 Å². The van der Waals surface area contributed by atoms with E-state index in [-0.39, 0.29) is 44.7 Å². The van der Waals surface area contributed by atoms with Crippen LogP contribution in [0.15, 0.2) is 42.2 Å². The number of carbonyl (C=O) groups excluding carboxylic acids is 4. The van der Waals surface area contributed by atoms with Crippen LogP contribution < -0.4 is 14.8 Å². The number of methoxy groups -OCH3 is 1. The number of Topliss-reactive ketones (excluding diaryl/α,β-unsaturated/α-hetero) is 1. The molecule has 2 aromatic rings. The van der Waals surface area contributed by atoms with Gasteiger partial charge in [-0.15, -0.1) is 0 Å². The fraction of sp³-hybridized carbons (Fsp3) is 0.565. The molecule has 16 heteroatoms. The van der Waals surface area contributed by atoms with E-state index in [1.54, 1.807) is 46.9 Å². The van der Waals surface area contributed by atoms with E-state index >= 15 is 0 Å². The molecule has 0 saturated carbocycles. The molecular weight excluding hydrogens is 803 g/mol. The summed E-state index contributed by atoms with van der Waals surface area (Å²) in [6.45, 7) is 17.3. The second-order valence-electron chi connectivity index (χ2n) is 16.6. The number of fused-ring (bicyclic) bond motifs is 14. The molecule has 5 N–H and O–H groups in total. The number of benzene rings is 2. The van der Waals surface area contributed by atoms with Crippen molar-refractivity contribution in [3.63, 3.8) is 0 Å². The largest absolute Gasteiger partial charge is 0.507 e. The van der Waals surface area contributed by atoms with Crippen molar-refractivity contribution in [2.45, 2.75) is 112 Å². The summed E-state index contributed by atoms with van der Waals surface area (Å²) < 4.78 is 29.9. The van der Waals surface area contributed by atoms with Crippen LogP contribution in [0.25, 0.3) is 10.8 Å². The zero-order chi connectivity index (χ0) is 46.4. The maximum Gasteiger partial charge on any atom is 0.312 e. The lowest BCUT2D eigenvalue weighted by Crippen LogP contribution is -2.46. The van der Waals surface area contributed by atoms with Crippen LogP contribution in [-0.2, 0) is 28.6 Å². The van der Waals surface area contributed by atoms with Gasteiger partial charge in [-0.2, -0.15) is 0 Å². The number of aromatic hydroxyl groups is 2. The Balaban J connectivity index is 1.93. The van der Waals surface area contributed by atoms with Crippen LogP contribution in [0.2, 0.25) is 0 Å². The normalized spacial score (nSPS) is 27.2. The Morgan fingerprint density at radius 1 is 0.935 bits per heavy atom. The summed E-state index contributed by atoms with van der Waals surface area (Å²) in [6, 6.07) is 1.27. The summed E-state index contributed by atoms with van der Waals surface area (Å²) in [4.78, 5) is 54.2. The van der Waals surface area contributed by atoms with Crippen LogP contribution in [-0.4, -0.2) is 118 Å². The molecule has 3 aliphatic heterocycles. The van der Waals surface area contributed by atoms with Crippen molar-refractivity contribution in [3.8, 4) is 23.0 Å². The minimum atomic E-state index is -2.04. The molecule has 5 rings (SSSR count). The second-order valence-corrected chi connectivity index (χ2v) is 16.6. The quantitative estimate of drug-likeness (QED) is 0.107. The van der Waals surface area contributed by atoms with Gasteiger partial charge in [-0.25, -0.2) is 5.01 Å². The first-order valence-corrected chi connectivity index (χ1v) is 21.2. The number of ketones is 1. The summed E-state index contributed by atoms with van der Waals surface area (Å²) in [5.41, 5.74) is -0.0256. The lowest BCUT2D eigenvalue weighted by Gasteiger charge is -2.38. The number of hydrogen-bond acceptors (Lipinski definition) is 14. The predicted octanol–water partition coefficient (Wildman–Crippen LogP) is 5.92. The van der Waals surface area contributed by atoms with E-state index in [2.05, 4.69) is 5.32 Å². The van der Waals surface area contributed by atoms with Gasteiger partial charge in [0.05, 0.1) is 41.2 Å². The molecule has 0 spiro atoms. The van der Waals surface area contributed by atoms with Crippen LogP contribution in [0.4, 0.5) is 5.69 Å². The summed E-state index contributed by atoms with van der Waals surface area (Å²) in [5, 5.41) is 52.0. The van der Waals surface area contributed by atoms with Gasteiger partial charge < -0.3 is 49.4 Å². The third-order valence-corrected chi connectivity index (χ3v) is 11.9. The Morgan fingerprint density at radius 3 is 2.18 bits per heavy atom. The van der Waals surface area contributed by atoms with Crippen molar-refractivity contribution < 1.29 is 63.3 Å². The molecule has 2 aromatic carbocycles. The number of aliphatic hydroxyl groups is 2. The van der Waals surface area contributed by atoms with Crippen LogP contribution >= 0.6 is 0 Å². The molecule has 2 amide bonds. The number of rotatable bonds is 10. The number of aliphatic hydroxyl groups excluding tert-OH is 2. The lowest BCUT2D eigenvalue weighted by molar-refractivity contribution is -0.160. The van der Waals surface area contributed by atoms with E-state index in [0.29, 0.717) is 13.1 Å². The first kappa shape index (κ1) is 49.5. The number of phenolic OH excluding ortho intramolecular Hbond substituents is 2. The van der Waals surface area contributed by atoms with E-state index in [4.69, 9.17) is 23.7 Å². The van der Waals surface area contributed by atoms with Gasteiger partial charge in [-0.1, -0.05) is 59.8 Å². The second kappa shape index (κ2) is 20.8. The molecule has 342 valence electrons. The predicted molar refractivity (Wildman–Crippen MR) is 233 cm³/mol. The van der Waals surface area contributed by atoms with E-state index < -0.39 is 95.5 Å². The van der Waals surface area contributed by atoms with Crippen molar-refractivity contribution in [1.82, 2.24) is 10.0 Å². The summed E-state index contributed by atoms with van der Waals surface area (Å²) in [7, 11) is 3.07. The molecular formula is C46H65N3O13. The molecule has 0 aliphatic carbocycles. The minimum Gasteiger partial charge on any atom is -0.507 e. The number of hydrazine groups is 1. The average Bonchev–Trinajstić information content (AvgIpc) is 3.50. The van der Waals surface area contributed by atoms with Crippen molar-refractivity contribution in [3.05, 3.63) is 53.3 Å². The third kappa shape index (κ3) is 10.4. The topological polar surface area (TPSA) is 214 Å². The molecule has 9 atom stereocenters. The fourth-order valence-electron chi connectivity index (χ4n) is 8.07. The molecule has 62 heavy (non-hydrogen) atoms. The number of esters is 1. The highest BCUT2D eigenvalue weighted by Gasteiger charge is 2.50. The summed E-state index contributed by atoms with van der Waals surface area (Å²) in [5.74, 6) is -8.13. The third-order valence-electron chi connectivity index (χ3n) is 11.9. The van der Waals surface area contributed by atoms with Gasteiger partial charge in [0.25, 0.3) is 17.6 Å². The monoisotopic (exact) mass is 867 g/mol. The Labute approximate surface area is 364 Å². The van der Waals surface area contributed by atoms with Gasteiger partial charge in [0.2, 0.25) is 0 Å². The standard InChI is InChI=1S/C46H65N3O13/c1-13-19-49(20-14-2)48(11)34(51)23-59-33-22-31-41(55)36-35(33)37-43(29(8)40(36)54)62-46(10,44(37)56)60-21-18-32(58-12)26(5)42(61-30(9)50)28(7)39(53)27(6)38(52)24(3)16-15-17-25(4)45(57)47-31/h15-18,21-22,24,26-28,32,38-39,42,52-55H,13-14,19-20,23H2,1-12H3,(H,47,57). The number of allylic oxidation sites excluding steroid dienone is 2. The Morgan fingerprint density at radius 2 is 1.58 bits per heavy atom. The fourth-order valence-corrected chi connectivity index (χ4v) is 8.07. The van der Waals surface area contributed by atoms with E-state index in [0.717, 1.165) is 12.8 Å². The zero-order valence-electron chi connectivity index (χ0n) is 38.0. The Bertz CT molecular complexity index is 2080. The van der Waals surface area contributed by atoms with Crippen molar-refractivity contribution >= 4 is 40.0 Å². The number of hydrogen-bond donors (Lipinski definition) is 5. The molecule has 5 bridgehead atoms. The molecule has 0 saturated heterocycles. The molecule has 9 unspecified atom stereocenters. The number of nitrogens with zero attached hydrogens (tertiary/aromatic N) is 2. The minimum absolute atomic E-state index is 0.0616. The maximum absolute atomic E-state index is 14.6. The number of phenols is 2. The van der Waals surface area contributed by atoms with Crippen LogP contribution in [0.1, 0.15) is 91.1 Å². The number of ether oxygens (including phenoxy) is 5. The Kier molecular flexibility index (Phi) is 16.6. The number of likely N-dealkylation sites (N-methyl/N-ethyl adjacent to an activating group) is 1. The summed E-state index contributed by atoms with van der Waals surface area (Å²) in [6.07, 6.45) is 5.18. The smallest absolute Gasteiger partial charge is 0.312 e. The SMILES string of the molecule is CCCN(CCC)N(C)C(=O)COc1cc2c(O)c3c(O)c(C)c4c(c13)C(=O)C(C)(OC=CC(OC)C(C)C(OC(C)=O)C(C)C(O)C(C)C(O)C(C)C=CC=C(C)C(=O)N2)O4. The Hall–Kier alpha value is -5.16. The number of nitrogens with one attached hydrogen (secondary N) is 1. The summed E-state index contributed by atoms with van der Waals surface area (Å²) >= 11 is 0. The lowest BCUT2D eigenvalue weighted by atomic mass is 9.78. The van der Waals surface area contributed by atoms with Gasteiger partial charge in [0.15, 0.2) is 12.4 Å². The van der Waals surface area contributed by atoms with Crippen molar-refractivity contribution in [2.24, 2.45) is 23.7 Å². The molecule has 0 radical (unpaired) electrons. The highest BCUT2D eigenvalue weighted by Crippen LogP contribution is 2.54. The molecule has 16 nitrogen and oxygen atoms in total. The van der Waals surface area contributed by atoms with Crippen LogP contribution in [0.3, 0.4) is 0 Å².